The molecular formula is C25H35N3O2. The van der Waals surface area contributed by atoms with Gasteiger partial charge in [0.1, 0.15) is 5.75 Å². The average molecular weight is 410 g/mol. The highest BCUT2D eigenvalue weighted by molar-refractivity contribution is 5.46. The summed E-state index contributed by atoms with van der Waals surface area (Å²) < 4.78 is 5.53. The maximum atomic E-state index is 10.8. The number of methoxy groups -OCH3 is 1. The molecule has 1 N–H and O–H groups in total. The molecule has 162 valence electrons. The molecule has 2 aromatic carbocycles. The lowest BCUT2D eigenvalue weighted by atomic mass is 9.89. The van der Waals surface area contributed by atoms with Crippen LogP contribution in [0.1, 0.15) is 42.9 Å². The fourth-order valence-electron chi connectivity index (χ4n) is 4.44. The molecule has 0 spiro atoms. The van der Waals surface area contributed by atoms with Gasteiger partial charge in [-0.3, -0.25) is 9.69 Å². The lowest BCUT2D eigenvalue weighted by Crippen LogP contribution is -2.48. The van der Waals surface area contributed by atoms with Gasteiger partial charge in [0.15, 0.2) is 0 Å². The molecule has 2 atom stereocenters. The van der Waals surface area contributed by atoms with Crippen LogP contribution < -0.4 is 10.1 Å². The molecule has 0 unspecified atom stereocenters. The minimum atomic E-state index is 0.360. The fraction of sp³-hybridized carbons (Fsp3) is 0.480. The molecule has 1 saturated heterocycles. The average Bonchev–Trinajstić information content (AvgIpc) is 2.81. The van der Waals surface area contributed by atoms with Crippen LogP contribution in [-0.4, -0.2) is 56.0 Å². The van der Waals surface area contributed by atoms with Crippen molar-refractivity contribution >= 4 is 6.41 Å². The van der Waals surface area contributed by atoms with Crippen molar-refractivity contribution < 1.29 is 9.53 Å². The van der Waals surface area contributed by atoms with E-state index in [4.69, 9.17) is 4.74 Å². The summed E-state index contributed by atoms with van der Waals surface area (Å²) in [6.45, 7) is 3.80. The highest BCUT2D eigenvalue weighted by Crippen LogP contribution is 2.32. The number of piperidine rings is 1. The number of carbonyl (C=O) groups is 1. The summed E-state index contributed by atoms with van der Waals surface area (Å²) in [7, 11) is 3.58. The molecule has 0 aromatic heterocycles. The zero-order chi connectivity index (χ0) is 21.2. The van der Waals surface area contributed by atoms with Crippen molar-refractivity contribution in [2.24, 2.45) is 0 Å². The minimum Gasteiger partial charge on any atom is -0.496 e. The first-order valence-corrected chi connectivity index (χ1v) is 11.0. The molecule has 0 bridgehead atoms. The number of para-hydroxylation sites is 1. The largest absolute Gasteiger partial charge is 0.496 e. The summed E-state index contributed by atoms with van der Waals surface area (Å²) in [5.74, 6) is 0.938. The summed E-state index contributed by atoms with van der Waals surface area (Å²) in [4.78, 5) is 15.2. The SMILES string of the molecule is COc1ccccc1CN[C@@H]1CCCN(CCCCN(C)C=O)[C@@H]1c1ccccc1. The second-order valence-electron chi connectivity index (χ2n) is 8.13. The predicted molar refractivity (Wildman–Crippen MR) is 122 cm³/mol. The Hall–Kier alpha value is -2.37. The molecule has 0 aliphatic carbocycles. The first kappa shape index (κ1) is 22.3. The van der Waals surface area contributed by atoms with Crippen LogP contribution in [0.15, 0.2) is 54.6 Å². The maximum absolute atomic E-state index is 10.8. The van der Waals surface area contributed by atoms with Gasteiger partial charge in [0.2, 0.25) is 6.41 Å². The Kier molecular flexibility index (Phi) is 8.72. The van der Waals surface area contributed by atoms with Gasteiger partial charge >= 0.3 is 0 Å². The van der Waals surface area contributed by atoms with E-state index >= 15 is 0 Å². The van der Waals surface area contributed by atoms with Gasteiger partial charge < -0.3 is 15.0 Å². The normalized spacial score (nSPS) is 19.4. The van der Waals surface area contributed by atoms with E-state index in [0.717, 1.165) is 51.2 Å². The van der Waals surface area contributed by atoms with E-state index in [1.807, 2.05) is 19.2 Å². The molecule has 1 aliphatic rings. The quantitative estimate of drug-likeness (QED) is 0.452. The molecule has 1 heterocycles. The van der Waals surface area contributed by atoms with Crippen molar-refractivity contribution in [3.05, 3.63) is 65.7 Å². The second-order valence-corrected chi connectivity index (χ2v) is 8.13. The molecule has 1 amide bonds. The van der Waals surface area contributed by atoms with E-state index in [1.165, 1.54) is 24.0 Å². The predicted octanol–water partition coefficient (Wildman–Crippen LogP) is 3.86. The molecular weight excluding hydrogens is 374 g/mol. The third-order valence-electron chi connectivity index (χ3n) is 6.01. The van der Waals surface area contributed by atoms with Crippen LogP contribution >= 0.6 is 0 Å². The monoisotopic (exact) mass is 409 g/mol. The molecule has 5 nitrogen and oxygen atoms in total. The van der Waals surface area contributed by atoms with Crippen molar-refractivity contribution in [2.75, 3.05) is 33.8 Å². The number of hydrogen-bond acceptors (Lipinski definition) is 4. The number of unbranched alkanes of at least 4 members (excludes halogenated alkanes) is 1. The van der Waals surface area contributed by atoms with Gasteiger partial charge in [0, 0.05) is 31.7 Å². The molecule has 0 saturated carbocycles. The van der Waals surface area contributed by atoms with Crippen LogP contribution in [0.4, 0.5) is 0 Å². The second kappa shape index (κ2) is 11.7. The first-order valence-electron chi connectivity index (χ1n) is 11.0. The number of hydrogen-bond donors (Lipinski definition) is 1. The van der Waals surface area contributed by atoms with Gasteiger partial charge in [-0.05, 0) is 50.4 Å². The highest BCUT2D eigenvalue weighted by atomic mass is 16.5. The zero-order valence-electron chi connectivity index (χ0n) is 18.3. The summed E-state index contributed by atoms with van der Waals surface area (Å²) in [6.07, 6.45) is 5.40. The first-order chi connectivity index (χ1) is 14.7. The van der Waals surface area contributed by atoms with Crippen molar-refractivity contribution in [2.45, 2.75) is 44.3 Å². The van der Waals surface area contributed by atoms with E-state index < -0.39 is 0 Å². The van der Waals surface area contributed by atoms with Gasteiger partial charge in [0.25, 0.3) is 0 Å². The minimum absolute atomic E-state index is 0.360. The Labute approximate surface area is 181 Å². The summed E-state index contributed by atoms with van der Waals surface area (Å²) in [5, 5.41) is 3.83. The Balaban J connectivity index is 1.68. The number of ether oxygens (including phenoxy) is 1. The lowest BCUT2D eigenvalue weighted by Gasteiger charge is -2.42. The van der Waals surface area contributed by atoms with Crippen LogP contribution in [0.5, 0.6) is 5.75 Å². The summed E-state index contributed by atoms with van der Waals surface area (Å²) in [5.41, 5.74) is 2.57. The van der Waals surface area contributed by atoms with Crippen LogP contribution in [0, 0.1) is 0 Å². The van der Waals surface area contributed by atoms with Crippen LogP contribution in [0.2, 0.25) is 0 Å². The van der Waals surface area contributed by atoms with Crippen LogP contribution in [-0.2, 0) is 11.3 Å². The zero-order valence-corrected chi connectivity index (χ0v) is 18.3. The van der Waals surface area contributed by atoms with Gasteiger partial charge in [-0.1, -0.05) is 48.5 Å². The number of benzene rings is 2. The summed E-state index contributed by atoms with van der Waals surface area (Å²) in [6, 6.07) is 19.9. The highest BCUT2D eigenvalue weighted by Gasteiger charge is 2.32. The number of carbonyl (C=O) groups excluding carboxylic acids is 1. The van der Waals surface area contributed by atoms with Gasteiger partial charge in [-0.2, -0.15) is 0 Å². The van der Waals surface area contributed by atoms with Gasteiger partial charge in [-0.25, -0.2) is 0 Å². The standard InChI is InChI=1S/C25H35N3O2/c1-27(20-29)16-8-9-17-28-18-10-14-23(25(28)21-11-4-3-5-12-21)26-19-22-13-6-7-15-24(22)30-2/h3-7,11-13,15,20,23,25-26H,8-10,14,16-19H2,1-2H3/t23-,25-/m1/s1. The van der Waals surface area contributed by atoms with E-state index in [-0.39, 0.29) is 0 Å². The summed E-state index contributed by atoms with van der Waals surface area (Å²) >= 11 is 0. The fourth-order valence-corrected chi connectivity index (χ4v) is 4.44. The van der Waals surface area contributed by atoms with Crippen LogP contribution in [0.25, 0.3) is 0 Å². The van der Waals surface area contributed by atoms with E-state index in [1.54, 1.807) is 12.0 Å². The molecule has 30 heavy (non-hydrogen) atoms. The molecule has 2 aromatic rings. The van der Waals surface area contributed by atoms with E-state index in [0.29, 0.717) is 12.1 Å². The lowest BCUT2D eigenvalue weighted by molar-refractivity contribution is -0.117. The van der Waals surface area contributed by atoms with Crippen molar-refractivity contribution in [1.82, 2.24) is 15.1 Å². The Morgan fingerprint density at radius 2 is 1.90 bits per heavy atom. The number of nitrogens with one attached hydrogen (secondary N) is 1. The van der Waals surface area contributed by atoms with Gasteiger partial charge in [0.05, 0.1) is 13.2 Å². The number of amides is 1. The van der Waals surface area contributed by atoms with Crippen molar-refractivity contribution in [3.63, 3.8) is 0 Å². The van der Waals surface area contributed by atoms with E-state index in [9.17, 15) is 4.79 Å². The Morgan fingerprint density at radius 3 is 2.67 bits per heavy atom. The Morgan fingerprint density at radius 1 is 1.13 bits per heavy atom. The Bertz CT molecular complexity index is 768. The number of likely N-dealkylation sites (tertiary alicyclic amines) is 1. The molecule has 5 heteroatoms. The molecule has 0 radical (unpaired) electrons. The third kappa shape index (κ3) is 6.07. The van der Waals surface area contributed by atoms with Crippen LogP contribution in [0.3, 0.4) is 0 Å². The number of rotatable bonds is 11. The van der Waals surface area contributed by atoms with Gasteiger partial charge in [-0.15, -0.1) is 0 Å². The topological polar surface area (TPSA) is 44.8 Å². The van der Waals surface area contributed by atoms with E-state index in [2.05, 4.69) is 52.7 Å². The third-order valence-corrected chi connectivity index (χ3v) is 6.01. The molecule has 1 fully saturated rings. The maximum Gasteiger partial charge on any atom is 0.209 e. The molecule has 1 aliphatic heterocycles. The number of nitrogens with zero attached hydrogens (tertiary/aromatic N) is 2. The van der Waals surface area contributed by atoms with Crippen molar-refractivity contribution in [1.29, 1.82) is 0 Å². The smallest absolute Gasteiger partial charge is 0.209 e. The molecule has 3 rings (SSSR count). The van der Waals surface area contributed by atoms with Crippen molar-refractivity contribution in [3.8, 4) is 5.75 Å².